The van der Waals surface area contributed by atoms with Gasteiger partial charge in [-0.05, 0) is 6.92 Å². The standard InChI is InChI=1S/C7H9N5OS/c1-2-13-5-3-4(10-6(8)12-5)11-7(9)14-3/h2H2,1H3,(H4,8,9,10,11,12). The Morgan fingerprint density at radius 3 is 2.79 bits per heavy atom. The second-order valence-corrected chi connectivity index (χ2v) is 3.56. The van der Waals surface area contributed by atoms with Crippen molar-refractivity contribution in [1.82, 2.24) is 15.0 Å². The van der Waals surface area contributed by atoms with E-state index in [0.717, 1.165) is 4.70 Å². The van der Waals surface area contributed by atoms with E-state index < -0.39 is 0 Å². The molecule has 74 valence electrons. The van der Waals surface area contributed by atoms with E-state index >= 15 is 0 Å². The monoisotopic (exact) mass is 211 g/mol. The summed E-state index contributed by atoms with van der Waals surface area (Å²) in [5.74, 6) is 0.593. The van der Waals surface area contributed by atoms with Gasteiger partial charge < -0.3 is 16.2 Å². The molecule has 0 saturated carbocycles. The molecule has 2 rings (SSSR count). The van der Waals surface area contributed by atoms with Gasteiger partial charge in [0.1, 0.15) is 4.70 Å². The lowest BCUT2D eigenvalue weighted by atomic mass is 10.6. The molecule has 2 aromatic rings. The Morgan fingerprint density at radius 1 is 1.29 bits per heavy atom. The zero-order chi connectivity index (χ0) is 10.1. The topological polar surface area (TPSA) is 99.9 Å². The highest BCUT2D eigenvalue weighted by Crippen LogP contribution is 2.30. The molecule has 14 heavy (non-hydrogen) atoms. The summed E-state index contributed by atoms with van der Waals surface area (Å²) in [4.78, 5) is 11.9. The lowest BCUT2D eigenvalue weighted by Crippen LogP contribution is -2.00. The van der Waals surface area contributed by atoms with Crippen LogP contribution in [0.4, 0.5) is 11.1 Å². The van der Waals surface area contributed by atoms with Crippen LogP contribution in [0.1, 0.15) is 6.92 Å². The van der Waals surface area contributed by atoms with Crippen molar-refractivity contribution in [3.63, 3.8) is 0 Å². The van der Waals surface area contributed by atoms with Gasteiger partial charge in [0.05, 0.1) is 6.61 Å². The Kier molecular flexibility index (Phi) is 2.08. The number of nitrogen functional groups attached to an aromatic ring is 2. The molecular weight excluding hydrogens is 202 g/mol. The Labute approximate surface area is 83.9 Å². The Balaban J connectivity index is 2.66. The number of rotatable bonds is 2. The van der Waals surface area contributed by atoms with Crippen LogP contribution in [0.15, 0.2) is 0 Å². The number of fused-ring (bicyclic) bond motifs is 1. The van der Waals surface area contributed by atoms with Crippen LogP contribution in [0.5, 0.6) is 5.88 Å². The molecule has 0 saturated heterocycles. The van der Waals surface area contributed by atoms with Crippen molar-refractivity contribution < 1.29 is 4.74 Å². The summed E-state index contributed by atoms with van der Waals surface area (Å²) >= 11 is 1.29. The number of hydrogen-bond acceptors (Lipinski definition) is 7. The first kappa shape index (κ1) is 8.95. The molecule has 0 unspecified atom stereocenters. The summed E-state index contributed by atoms with van der Waals surface area (Å²) in [6.45, 7) is 2.39. The largest absolute Gasteiger partial charge is 0.477 e. The molecule has 0 amide bonds. The predicted molar refractivity (Wildman–Crippen MR) is 55.2 cm³/mol. The highest BCUT2D eigenvalue weighted by atomic mass is 32.1. The fraction of sp³-hybridized carbons (Fsp3) is 0.286. The van der Waals surface area contributed by atoms with Crippen molar-refractivity contribution in [2.75, 3.05) is 18.1 Å². The third-order valence-electron chi connectivity index (χ3n) is 1.54. The SMILES string of the molecule is CCOc1nc(N)nc2nc(N)sc12. The number of thiazole rings is 1. The summed E-state index contributed by atoms with van der Waals surface area (Å²) in [5.41, 5.74) is 11.5. The molecule has 0 aliphatic rings. The van der Waals surface area contributed by atoms with Gasteiger partial charge in [0.15, 0.2) is 10.8 Å². The van der Waals surface area contributed by atoms with Crippen LogP contribution in [-0.2, 0) is 0 Å². The minimum absolute atomic E-state index is 0.145. The van der Waals surface area contributed by atoms with Crippen LogP contribution < -0.4 is 16.2 Å². The van der Waals surface area contributed by atoms with Crippen molar-refractivity contribution in [3.05, 3.63) is 0 Å². The highest BCUT2D eigenvalue weighted by Gasteiger charge is 2.11. The average molecular weight is 211 g/mol. The molecule has 0 radical (unpaired) electrons. The van der Waals surface area contributed by atoms with Gasteiger partial charge in [-0.25, -0.2) is 0 Å². The third kappa shape index (κ3) is 1.41. The van der Waals surface area contributed by atoms with E-state index in [2.05, 4.69) is 15.0 Å². The summed E-state index contributed by atoms with van der Waals surface area (Å²) < 4.78 is 6.03. The predicted octanol–water partition coefficient (Wildman–Crippen LogP) is 0.649. The summed E-state index contributed by atoms with van der Waals surface area (Å²) in [7, 11) is 0. The van der Waals surface area contributed by atoms with Crippen molar-refractivity contribution in [2.45, 2.75) is 6.92 Å². The van der Waals surface area contributed by atoms with Crippen LogP contribution in [0.3, 0.4) is 0 Å². The molecule has 0 bridgehead atoms. The van der Waals surface area contributed by atoms with Gasteiger partial charge in [0, 0.05) is 0 Å². The molecule has 0 aliphatic carbocycles. The minimum Gasteiger partial charge on any atom is -0.477 e. The smallest absolute Gasteiger partial charge is 0.238 e. The molecule has 2 aromatic heterocycles. The summed E-state index contributed by atoms with van der Waals surface area (Å²) in [6.07, 6.45) is 0. The maximum atomic E-state index is 5.55. The van der Waals surface area contributed by atoms with Crippen LogP contribution in [-0.4, -0.2) is 21.6 Å². The quantitative estimate of drug-likeness (QED) is 0.756. The maximum Gasteiger partial charge on any atom is 0.238 e. The fourth-order valence-electron chi connectivity index (χ4n) is 1.07. The second-order valence-electron chi connectivity index (χ2n) is 2.52. The number of aromatic nitrogens is 3. The molecule has 2 heterocycles. The number of nitrogens with zero attached hydrogens (tertiary/aromatic N) is 3. The van der Waals surface area contributed by atoms with E-state index in [9.17, 15) is 0 Å². The van der Waals surface area contributed by atoms with Gasteiger partial charge in [0.2, 0.25) is 11.8 Å². The Morgan fingerprint density at radius 2 is 2.07 bits per heavy atom. The number of ether oxygens (including phenoxy) is 1. The maximum absolute atomic E-state index is 5.55. The van der Waals surface area contributed by atoms with E-state index in [4.69, 9.17) is 16.2 Å². The molecule has 0 fully saturated rings. The van der Waals surface area contributed by atoms with Gasteiger partial charge in [-0.3, -0.25) is 0 Å². The highest BCUT2D eigenvalue weighted by molar-refractivity contribution is 7.22. The van der Waals surface area contributed by atoms with Gasteiger partial charge in [0.25, 0.3) is 0 Å². The molecule has 0 spiro atoms. The average Bonchev–Trinajstić information content (AvgIpc) is 2.45. The first-order valence-corrected chi connectivity index (χ1v) is 4.84. The molecule has 0 aromatic carbocycles. The zero-order valence-corrected chi connectivity index (χ0v) is 8.34. The van der Waals surface area contributed by atoms with Crippen molar-refractivity contribution in [3.8, 4) is 5.88 Å². The van der Waals surface area contributed by atoms with Gasteiger partial charge >= 0.3 is 0 Å². The lowest BCUT2D eigenvalue weighted by Gasteiger charge is -2.01. The van der Waals surface area contributed by atoms with E-state index in [0.29, 0.717) is 23.3 Å². The van der Waals surface area contributed by atoms with E-state index in [1.807, 2.05) is 6.92 Å². The third-order valence-corrected chi connectivity index (χ3v) is 2.40. The minimum atomic E-state index is 0.145. The Hall–Kier alpha value is -1.63. The van der Waals surface area contributed by atoms with Crippen molar-refractivity contribution in [1.29, 1.82) is 0 Å². The Bertz CT molecular complexity index is 468. The van der Waals surface area contributed by atoms with Crippen LogP contribution in [0, 0.1) is 0 Å². The molecule has 4 N–H and O–H groups in total. The number of nitrogens with two attached hydrogens (primary N) is 2. The van der Waals surface area contributed by atoms with Crippen LogP contribution >= 0.6 is 11.3 Å². The van der Waals surface area contributed by atoms with Crippen molar-refractivity contribution in [2.24, 2.45) is 0 Å². The molecule has 6 nitrogen and oxygen atoms in total. The summed E-state index contributed by atoms with van der Waals surface area (Å²) in [5, 5.41) is 0.431. The first-order valence-electron chi connectivity index (χ1n) is 4.03. The zero-order valence-electron chi connectivity index (χ0n) is 7.52. The van der Waals surface area contributed by atoms with Gasteiger partial charge in [-0.1, -0.05) is 11.3 Å². The van der Waals surface area contributed by atoms with Crippen LogP contribution in [0.25, 0.3) is 10.3 Å². The van der Waals surface area contributed by atoms with Crippen LogP contribution in [0.2, 0.25) is 0 Å². The number of hydrogen-bond donors (Lipinski definition) is 2. The molecule has 0 aliphatic heterocycles. The van der Waals surface area contributed by atoms with Gasteiger partial charge in [-0.2, -0.15) is 15.0 Å². The molecule has 0 atom stereocenters. The fourth-order valence-corrected chi connectivity index (χ4v) is 1.78. The van der Waals surface area contributed by atoms with Gasteiger partial charge in [-0.15, -0.1) is 0 Å². The first-order chi connectivity index (χ1) is 6.70. The van der Waals surface area contributed by atoms with Crippen molar-refractivity contribution >= 4 is 32.8 Å². The van der Waals surface area contributed by atoms with E-state index in [-0.39, 0.29) is 5.95 Å². The second kappa shape index (κ2) is 3.26. The van der Waals surface area contributed by atoms with E-state index in [1.165, 1.54) is 11.3 Å². The lowest BCUT2D eigenvalue weighted by molar-refractivity contribution is 0.332. The van der Waals surface area contributed by atoms with E-state index in [1.54, 1.807) is 0 Å². The number of anilines is 2. The summed E-state index contributed by atoms with van der Waals surface area (Å²) in [6, 6.07) is 0. The normalized spacial score (nSPS) is 10.6. The molecule has 7 heteroatoms. The molecular formula is C7H9N5OS.